The summed E-state index contributed by atoms with van der Waals surface area (Å²) in [5, 5.41) is 8.42. The summed E-state index contributed by atoms with van der Waals surface area (Å²) in [6, 6.07) is -0.851. The second-order valence-electron chi connectivity index (χ2n) is 2.23. The second-order valence-corrected chi connectivity index (χ2v) is 2.23. The maximum atomic E-state index is 10.3. The first-order valence-corrected chi connectivity index (χ1v) is 3.16. The predicted molar refractivity (Wildman–Crippen MR) is 43.7 cm³/mol. The Morgan fingerprint density at radius 2 is 2.50 bits per heavy atom. The molecule has 0 aliphatic rings. The molecule has 1 heterocycles. The molecule has 0 fully saturated rings. The quantitative estimate of drug-likeness (QED) is 0.496. The minimum absolute atomic E-state index is 0. The Balaban J connectivity index is 0.00000121. The normalized spacial score (nSPS) is 11.8. The van der Waals surface area contributed by atoms with Crippen LogP contribution in [0.2, 0.25) is 0 Å². The molecule has 0 aliphatic carbocycles. The Bertz CT molecular complexity index is 237. The Kier molecular flexibility index (Phi) is 4.67. The van der Waals surface area contributed by atoms with Crippen LogP contribution >= 0.6 is 0 Å². The van der Waals surface area contributed by atoms with Crippen molar-refractivity contribution in [2.45, 2.75) is 12.5 Å². The number of aromatic amines is 1. The van der Waals surface area contributed by atoms with E-state index in [1.54, 1.807) is 6.20 Å². The molecular weight excluding hydrogens is 153 g/mol. The molecule has 0 aromatic carbocycles. The van der Waals surface area contributed by atoms with Crippen LogP contribution in [0.1, 0.15) is 5.69 Å². The van der Waals surface area contributed by atoms with Crippen LogP contribution in [0.4, 0.5) is 0 Å². The summed E-state index contributed by atoms with van der Waals surface area (Å²) in [6.07, 6.45) is 3.34. The van der Waals surface area contributed by atoms with Gasteiger partial charge in [-0.3, -0.25) is 4.79 Å². The SMILES string of the molecule is N[C@@H](Cc1cnc[nH]1)C(=O)O.[Li]. The van der Waals surface area contributed by atoms with Crippen molar-refractivity contribution < 1.29 is 9.90 Å². The summed E-state index contributed by atoms with van der Waals surface area (Å²) in [5.74, 6) is -1.00. The largest absolute Gasteiger partial charge is 0.480 e. The van der Waals surface area contributed by atoms with Crippen molar-refractivity contribution in [2.24, 2.45) is 5.73 Å². The molecule has 4 N–H and O–H groups in total. The van der Waals surface area contributed by atoms with E-state index in [0.29, 0.717) is 0 Å². The Morgan fingerprint density at radius 1 is 1.83 bits per heavy atom. The number of imidazole rings is 1. The zero-order valence-corrected chi connectivity index (χ0v) is 6.82. The van der Waals surface area contributed by atoms with E-state index in [9.17, 15) is 4.79 Å². The van der Waals surface area contributed by atoms with E-state index in [0.717, 1.165) is 5.69 Å². The monoisotopic (exact) mass is 162 g/mol. The number of nitrogens with one attached hydrogen (secondary N) is 1. The maximum Gasteiger partial charge on any atom is 0.320 e. The average Bonchev–Trinajstić information content (AvgIpc) is 2.39. The predicted octanol–water partition coefficient (Wildman–Crippen LogP) is -1.02. The third-order valence-corrected chi connectivity index (χ3v) is 1.31. The van der Waals surface area contributed by atoms with E-state index in [1.807, 2.05) is 0 Å². The van der Waals surface area contributed by atoms with Gasteiger partial charge in [0.1, 0.15) is 6.04 Å². The fourth-order valence-electron chi connectivity index (χ4n) is 0.721. The van der Waals surface area contributed by atoms with Gasteiger partial charge in [0.05, 0.1) is 6.33 Å². The van der Waals surface area contributed by atoms with Gasteiger partial charge in [0, 0.05) is 37.2 Å². The van der Waals surface area contributed by atoms with Crippen LogP contribution in [0, 0.1) is 0 Å². The van der Waals surface area contributed by atoms with Gasteiger partial charge in [-0.15, -0.1) is 0 Å². The number of nitrogens with two attached hydrogens (primary N) is 1. The molecule has 1 atom stereocenters. The van der Waals surface area contributed by atoms with Gasteiger partial charge in [0.25, 0.3) is 0 Å². The fraction of sp³-hybridized carbons (Fsp3) is 0.333. The molecule has 0 amide bonds. The zero-order valence-electron chi connectivity index (χ0n) is 6.82. The van der Waals surface area contributed by atoms with Gasteiger partial charge in [0.2, 0.25) is 0 Å². The molecule has 61 valence electrons. The summed E-state index contributed by atoms with van der Waals surface area (Å²) in [4.78, 5) is 16.8. The van der Waals surface area contributed by atoms with E-state index < -0.39 is 12.0 Å². The van der Waals surface area contributed by atoms with E-state index in [-0.39, 0.29) is 25.3 Å². The van der Waals surface area contributed by atoms with Crippen molar-refractivity contribution in [3.63, 3.8) is 0 Å². The van der Waals surface area contributed by atoms with Gasteiger partial charge in [-0.25, -0.2) is 4.98 Å². The third-order valence-electron chi connectivity index (χ3n) is 1.31. The van der Waals surface area contributed by atoms with E-state index in [4.69, 9.17) is 10.8 Å². The number of nitrogens with zero attached hydrogens (tertiary/aromatic N) is 1. The minimum atomic E-state index is -1.00. The second kappa shape index (κ2) is 4.99. The fourth-order valence-corrected chi connectivity index (χ4v) is 0.721. The summed E-state index contributed by atoms with van der Waals surface area (Å²) >= 11 is 0. The van der Waals surface area contributed by atoms with Gasteiger partial charge in [-0.1, -0.05) is 0 Å². The number of hydrogen-bond acceptors (Lipinski definition) is 3. The maximum absolute atomic E-state index is 10.3. The Morgan fingerprint density at radius 3 is 2.92 bits per heavy atom. The standard InChI is InChI=1S/C6H9N3O2.Li/c7-5(6(10)11)1-4-2-8-3-9-4;/h2-3,5H,1,7H2,(H,8,9)(H,10,11);/t5-;/m0./s1. The summed E-state index contributed by atoms with van der Waals surface area (Å²) in [6.45, 7) is 0. The third kappa shape index (κ3) is 3.09. The van der Waals surface area contributed by atoms with Crippen LogP contribution in [0.3, 0.4) is 0 Å². The number of aromatic nitrogens is 2. The van der Waals surface area contributed by atoms with Gasteiger partial charge in [0.15, 0.2) is 0 Å². The van der Waals surface area contributed by atoms with Crippen molar-refractivity contribution in [1.29, 1.82) is 0 Å². The van der Waals surface area contributed by atoms with Crippen LogP contribution < -0.4 is 5.73 Å². The van der Waals surface area contributed by atoms with Crippen molar-refractivity contribution in [3.05, 3.63) is 18.2 Å². The molecule has 0 unspecified atom stereocenters. The van der Waals surface area contributed by atoms with Crippen molar-refractivity contribution in [1.82, 2.24) is 9.97 Å². The molecular formula is C6H9LiN3O2. The Hall–Kier alpha value is -0.763. The van der Waals surface area contributed by atoms with Crippen LogP contribution in [-0.4, -0.2) is 45.9 Å². The Labute approximate surface area is 81.5 Å². The minimum Gasteiger partial charge on any atom is -0.480 e. The molecule has 0 bridgehead atoms. The molecule has 0 saturated heterocycles. The van der Waals surface area contributed by atoms with Crippen molar-refractivity contribution in [3.8, 4) is 0 Å². The molecule has 0 aliphatic heterocycles. The zero-order chi connectivity index (χ0) is 8.27. The number of H-pyrrole nitrogens is 1. The van der Waals surface area contributed by atoms with Gasteiger partial charge in [-0.05, 0) is 0 Å². The van der Waals surface area contributed by atoms with Crippen LogP contribution in [-0.2, 0) is 11.2 Å². The summed E-state index contributed by atoms with van der Waals surface area (Å²) in [5.41, 5.74) is 6.00. The van der Waals surface area contributed by atoms with Crippen LogP contribution in [0.25, 0.3) is 0 Å². The number of aliphatic carboxylic acids is 1. The smallest absolute Gasteiger partial charge is 0.320 e. The van der Waals surface area contributed by atoms with E-state index in [1.165, 1.54) is 6.33 Å². The number of carbonyl (C=O) groups is 1. The van der Waals surface area contributed by atoms with Gasteiger partial charge < -0.3 is 15.8 Å². The average molecular weight is 162 g/mol. The number of carboxylic acid groups (broad SMARTS) is 1. The number of carboxylic acids is 1. The van der Waals surface area contributed by atoms with Crippen LogP contribution in [0.15, 0.2) is 12.5 Å². The topological polar surface area (TPSA) is 92.0 Å². The molecule has 12 heavy (non-hydrogen) atoms. The van der Waals surface area contributed by atoms with Gasteiger partial charge >= 0.3 is 5.97 Å². The molecule has 5 nitrogen and oxygen atoms in total. The first kappa shape index (κ1) is 11.2. The molecule has 1 radical (unpaired) electrons. The van der Waals surface area contributed by atoms with Crippen LogP contribution in [0.5, 0.6) is 0 Å². The summed E-state index contributed by atoms with van der Waals surface area (Å²) < 4.78 is 0. The number of rotatable bonds is 3. The van der Waals surface area contributed by atoms with E-state index in [2.05, 4.69) is 9.97 Å². The van der Waals surface area contributed by atoms with Crippen molar-refractivity contribution >= 4 is 24.8 Å². The van der Waals surface area contributed by atoms with Crippen molar-refractivity contribution in [2.75, 3.05) is 0 Å². The molecule has 0 saturated carbocycles. The molecule has 6 heteroatoms. The van der Waals surface area contributed by atoms with Gasteiger partial charge in [-0.2, -0.15) is 0 Å². The number of hydrogen-bond donors (Lipinski definition) is 3. The molecule has 1 rings (SSSR count). The summed E-state index contributed by atoms with van der Waals surface area (Å²) in [7, 11) is 0. The molecule has 1 aromatic rings. The molecule has 1 aromatic heterocycles. The first-order valence-electron chi connectivity index (χ1n) is 3.16. The first-order chi connectivity index (χ1) is 5.20. The van der Waals surface area contributed by atoms with E-state index >= 15 is 0 Å². The molecule has 0 spiro atoms.